The molecule has 0 spiro atoms. The fraction of sp³-hybridized carbons (Fsp3) is 0.913. The van der Waals surface area contributed by atoms with Gasteiger partial charge in [0.15, 0.2) is 6.29 Å². The van der Waals surface area contributed by atoms with Gasteiger partial charge < -0.3 is 9.47 Å². The van der Waals surface area contributed by atoms with Gasteiger partial charge in [0.25, 0.3) is 0 Å². The Balaban J connectivity index is 1.68. The van der Waals surface area contributed by atoms with E-state index in [-0.39, 0.29) is 6.29 Å². The lowest BCUT2D eigenvalue weighted by Crippen LogP contribution is -2.49. The smallest absolute Gasteiger partial charge is 0.157 e. The Kier molecular flexibility index (Phi) is 7.55. The van der Waals surface area contributed by atoms with Crippen molar-refractivity contribution in [1.29, 1.82) is 0 Å². The van der Waals surface area contributed by atoms with Gasteiger partial charge in [-0.15, -0.1) is 6.58 Å². The van der Waals surface area contributed by atoms with Gasteiger partial charge in [0.2, 0.25) is 0 Å². The molecule has 3 fully saturated rings. The Morgan fingerprint density at radius 2 is 1.62 bits per heavy atom. The minimum atomic E-state index is -1.16. The summed E-state index contributed by atoms with van der Waals surface area (Å²) < 4.78 is 11.6. The highest BCUT2D eigenvalue weighted by Gasteiger charge is 2.57. The SMILES string of the molecule is C=C(CC1C(C[Si](C)(C)C)C2ON1C(CCC1OCCCO1)C2C)C[Si](C)(C)C. The summed E-state index contributed by atoms with van der Waals surface area (Å²) in [5.41, 5.74) is 1.44. The van der Waals surface area contributed by atoms with Crippen molar-refractivity contribution in [1.82, 2.24) is 5.06 Å². The highest BCUT2D eigenvalue weighted by molar-refractivity contribution is 6.76. The summed E-state index contributed by atoms with van der Waals surface area (Å²) in [5.74, 6) is 1.25. The first-order valence-electron chi connectivity index (χ1n) is 11.8. The van der Waals surface area contributed by atoms with Crippen molar-refractivity contribution in [3.05, 3.63) is 12.2 Å². The molecule has 3 saturated heterocycles. The molecule has 0 N–H and O–H groups in total. The van der Waals surface area contributed by atoms with E-state index in [0.717, 1.165) is 38.9 Å². The number of rotatable bonds is 9. The molecule has 4 nitrogen and oxygen atoms in total. The highest BCUT2D eigenvalue weighted by atomic mass is 28.3. The summed E-state index contributed by atoms with van der Waals surface area (Å²) in [6, 6.07) is 3.57. The molecule has 29 heavy (non-hydrogen) atoms. The van der Waals surface area contributed by atoms with E-state index in [0.29, 0.717) is 30.0 Å². The number of piperidine rings is 1. The standard InChI is InChI=1S/C23H45NO3Si2/c1-17(15-28(3,4)5)14-21-19(16-29(6,7)8)23-18(2)20(24(21)27-23)10-11-22-25-12-9-13-26-22/h18-23H,1,9-16H2,2-8H3. The maximum absolute atomic E-state index is 6.58. The second kappa shape index (κ2) is 9.25. The van der Waals surface area contributed by atoms with Crippen LogP contribution < -0.4 is 0 Å². The monoisotopic (exact) mass is 439 g/mol. The van der Waals surface area contributed by atoms with E-state index in [9.17, 15) is 0 Å². The van der Waals surface area contributed by atoms with Crippen LogP contribution in [0.4, 0.5) is 0 Å². The molecule has 168 valence electrons. The molecule has 3 aliphatic rings. The number of fused-ring (bicyclic) bond motifs is 2. The average Bonchev–Trinajstić information content (AvgIpc) is 3.07. The number of hydroxylamine groups is 2. The molecule has 0 amide bonds. The fourth-order valence-corrected chi connectivity index (χ4v) is 9.25. The predicted molar refractivity (Wildman–Crippen MR) is 127 cm³/mol. The van der Waals surface area contributed by atoms with Crippen LogP contribution in [0.3, 0.4) is 0 Å². The third-order valence-electron chi connectivity index (χ3n) is 6.66. The topological polar surface area (TPSA) is 30.9 Å². The molecule has 0 aromatic carbocycles. The first kappa shape index (κ1) is 23.7. The van der Waals surface area contributed by atoms with Crippen molar-refractivity contribution in [2.24, 2.45) is 11.8 Å². The first-order chi connectivity index (χ1) is 13.4. The molecule has 2 bridgehead atoms. The van der Waals surface area contributed by atoms with Gasteiger partial charge in [-0.05, 0) is 31.7 Å². The summed E-state index contributed by atoms with van der Waals surface area (Å²) in [5, 5.41) is 2.42. The third kappa shape index (κ3) is 6.26. The van der Waals surface area contributed by atoms with Crippen LogP contribution in [0.2, 0.25) is 51.4 Å². The van der Waals surface area contributed by atoms with E-state index >= 15 is 0 Å². The molecular weight excluding hydrogens is 394 g/mol. The summed E-state index contributed by atoms with van der Waals surface area (Å²) in [4.78, 5) is 6.58. The van der Waals surface area contributed by atoms with E-state index in [1.54, 1.807) is 0 Å². The maximum atomic E-state index is 6.58. The average molecular weight is 440 g/mol. The third-order valence-corrected chi connectivity index (χ3v) is 9.92. The minimum absolute atomic E-state index is 0.0191. The van der Waals surface area contributed by atoms with Gasteiger partial charge in [-0.3, -0.25) is 4.84 Å². The molecule has 3 heterocycles. The van der Waals surface area contributed by atoms with Crippen LogP contribution >= 0.6 is 0 Å². The fourth-order valence-electron chi connectivity index (χ4n) is 5.68. The Morgan fingerprint density at radius 1 is 0.966 bits per heavy atom. The van der Waals surface area contributed by atoms with Crippen LogP contribution in [0.15, 0.2) is 12.2 Å². The second-order valence-corrected chi connectivity index (χ2v) is 23.2. The first-order valence-corrected chi connectivity index (χ1v) is 19.2. The Labute approximate surface area is 181 Å². The van der Waals surface area contributed by atoms with Crippen molar-refractivity contribution < 1.29 is 14.3 Å². The zero-order valence-electron chi connectivity index (χ0n) is 20.0. The summed E-state index contributed by atoms with van der Waals surface area (Å²) in [7, 11) is -2.30. The maximum Gasteiger partial charge on any atom is 0.157 e. The molecule has 0 radical (unpaired) electrons. The molecule has 6 unspecified atom stereocenters. The lowest BCUT2D eigenvalue weighted by molar-refractivity contribution is -0.187. The van der Waals surface area contributed by atoms with E-state index in [2.05, 4.69) is 57.8 Å². The molecule has 6 heteroatoms. The van der Waals surface area contributed by atoms with Gasteiger partial charge in [0.1, 0.15) is 0 Å². The molecular formula is C23H45NO3Si2. The van der Waals surface area contributed by atoms with Gasteiger partial charge in [-0.2, -0.15) is 5.06 Å². The van der Waals surface area contributed by atoms with Gasteiger partial charge in [-0.1, -0.05) is 57.8 Å². The highest BCUT2D eigenvalue weighted by Crippen LogP contribution is 2.49. The largest absolute Gasteiger partial charge is 0.353 e. The molecule has 3 rings (SSSR count). The number of nitrogens with zero attached hydrogens (tertiary/aromatic N) is 1. The molecule has 0 aromatic rings. The summed E-state index contributed by atoms with van der Waals surface area (Å²) in [6.45, 7) is 23.4. The number of hydrogen-bond acceptors (Lipinski definition) is 4. The number of hydrogen-bond donors (Lipinski definition) is 0. The lowest BCUT2D eigenvalue weighted by Gasteiger charge is -2.40. The molecule has 3 aliphatic heterocycles. The van der Waals surface area contributed by atoms with Gasteiger partial charge in [0, 0.05) is 40.1 Å². The Hall–Kier alpha value is 0.0138. The minimum Gasteiger partial charge on any atom is -0.353 e. The van der Waals surface area contributed by atoms with Crippen LogP contribution in [0.1, 0.15) is 32.6 Å². The van der Waals surface area contributed by atoms with Crippen LogP contribution in [0.5, 0.6) is 0 Å². The van der Waals surface area contributed by atoms with Crippen molar-refractivity contribution in [3.8, 4) is 0 Å². The van der Waals surface area contributed by atoms with Gasteiger partial charge >= 0.3 is 0 Å². The van der Waals surface area contributed by atoms with Gasteiger partial charge in [-0.25, -0.2) is 0 Å². The van der Waals surface area contributed by atoms with Gasteiger partial charge in [0.05, 0.1) is 19.3 Å². The zero-order chi connectivity index (χ0) is 21.4. The van der Waals surface area contributed by atoms with E-state index in [1.165, 1.54) is 17.7 Å². The van der Waals surface area contributed by atoms with Crippen LogP contribution in [-0.2, 0) is 14.3 Å². The summed E-state index contributed by atoms with van der Waals surface area (Å²) >= 11 is 0. The predicted octanol–water partition coefficient (Wildman–Crippen LogP) is 5.77. The van der Waals surface area contributed by atoms with E-state index < -0.39 is 16.1 Å². The van der Waals surface area contributed by atoms with E-state index in [4.69, 9.17) is 14.3 Å². The van der Waals surface area contributed by atoms with Crippen LogP contribution in [0.25, 0.3) is 0 Å². The normalized spacial score (nSPS) is 36.0. The Bertz CT molecular complexity index is 565. The molecule has 6 atom stereocenters. The molecule has 0 saturated carbocycles. The zero-order valence-corrected chi connectivity index (χ0v) is 22.0. The Morgan fingerprint density at radius 3 is 2.21 bits per heavy atom. The van der Waals surface area contributed by atoms with Crippen LogP contribution in [-0.4, -0.2) is 58.9 Å². The quantitative estimate of drug-likeness (QED) is 0.337. The van der Waals surface area contributed by atoms with Crippen LogP contribution in [0, 0.1) is 11.8 Å². The van der Waals surface area contributed by atoms with E-state index in [1.807, 2.05) is 0 Å². The van der Waals surface area contributed by atoms with Crippen molar-refractivity contribution in [3.63, 3.8) is 0 Å². The lowest BCUT2D eigenvalue weighted by atomic mass is 9.77. The van der Waals surface area contributed by atoms with Crippen molar-refractivity contribution in [2.45, 2.75) is 108 Å². The summed E-state index contributed by atoms with van der Waals surface area (Å²) in [6.07, 6.45) is 4.56. The van der Waals surface area contributed by atoms with Crippen molar-refractivity contribution >= 4 is 16.1 Å². The second-order valence-electron chi connectivity index (χ2n) is 12.1. The number of ether oxygens (including phenoxy) is 2. The molecule has 0 aromatic heterocycles. The van der Waals surface area contributed by atoms with Crippen molar-refractivity contribution in [2.75, 3.05) is 13.2 Å². The molecule has 0 aliphatic carbocycles.